The fraction of sp³-hybridized carbons (Fsp3) is 0.750. The lowest BCUT2D eigenvalue weighted by Crippen LogP contribution is -2.10. The summed E-state index contributed by atoms with van der Waals surface area (Å²) in [7, 11) is 2.91. The molecule has 0 spiro atoms. The topological polar surface area (TPSA) is 66.2 Å². The average molecular weight is 255 g/mol. The molecule has 18 heavy (non-hydrogen) atoms. The zero-order valence-electron chi connectivity index (χ0n) is 11.3. The van der Waals surface area contributed by atoms with E-state index in [4.69, 9.17) is 4.74 Å². The second-order valence-electron chi connectivity index (χ2n) is 4.09. The third kappa shape index (κ3) is 3.80. The van der Waals surface area contributed by atoms with Crippen LogP contribution in [0.5, 0.6) is 0 Å². The van der Waals surface area contributed by atoms with E-state index >= 15 is 0 Å². The summed E-state index contributed by atoms with van der Waals surface area (Å²) in [6.45, 7) is 3.23. The van der Waals surface area contributed by atoms with Crippen molar-refractivity contribution in [3.05, 3.63) is 11.4 Å². The molecule has 1 heterocycles. The van der Waals surface area contributed by atoms with Gasteiger partial charge in [0.1, 0.15) is 0 Å². The second kappa shape index (κ2) is 7.81. The number of aromatic nitrogens is 3. The minimum atomic E-state index is -0.471. The molecule has 1 aromatic rings. The summed E-state index contributed by atoms with van der Waals surface area (Å²) in [5, 5.41) is 7.85. The van der Waals surface area contributed by atoms with E-state index in [1.54, 1.807) is 11.8 Å². The predicted octanol–water partition coefficient (Wildman–Crippen LogP) is 1.79. The number of ether oxygens (including phenoxy) is 2. The molecule has 0 aliphatic rings. The lowest BCUT2D eigenvalue weighted by Gasteiger charge is -2.06. The molecule has 0 amide bonds. The van der Waals surface area contributed by atoms with E-state index in [1.807, 2.05) is 0 Å². The minimum Gasteiger partial charge on any atom is -0.464 e. The van der Waals surface area contributed by atoms with Crippen molar-refractivity contribution in [3.63, 3.8) is 0 Å². The van der Waals surface area contributed by atoms with Gasteiger partial charge in [-0.25, -0.2) is 9.48 Å². The first-order valence-corrected chi connectivity index (χ1v) is 6.24. The van der Waals surface area contributed by atoms with E-state index in [-0.39, 0.29) is 5.69 Å². The molecule has 0 fully saturated rings. The Morgan fingerprint density at radius 3 is 2.67 bits per heavy atom. The van der Waals surface area contributed by atoms with Crippen LogP contribution >= 0.6 is 0 Å². The van der Waals surface area contributed by atoms with Crippen LogP contribution in [0.15, 0.2) is 0 Å². The van der Waals surface area contributed by atoms with Crippen LogP contribution in [0.4, 0.5) is 0 Å². The monoisotopic (exact) mass is 255 g/mol. The van der Waals surface area contributed by atoms with E-state index in [0.29, 0.717) is 12.3 Å². The SMILES string of the molecule is CCCCCCn1nnc(C(=O)OC)c1COC. The highest BCUT2D eigenvalue weighted by atomic mass is 16.5. The molecule has 1 rings (SSSR count). The molecule has 6 nitrogen and oxygen atoms in total. The number of methoxy groups -OCH3 is 2. The number of unbranched alkanes of at least 4 members (excludes halogenated alkanes) is 3. The molecule has 0 atom stereocenters. The molecule has 0 aliphatic heterocycles. The van der Waals surface area contributed by atoms with Gasteiger partial charge in [-0.05, 0) is 6.42 Å². The molecule has 1 aromatic heterocycles. The minimum absolute atomic E-state index is 0.245. The van der Waals surface area contributed by atoms with Crippen LogP contribution in [0, 0.1) is 0 Å². The molecular formula is C12H21N3O3. The highest BCUT2D eigenvalue weighted by Crippen LogP contribution is 2.10. The van der Waals surface area contributed by atoms with Gasteiger partial charge in [0.15, 0.2) is 5.69 Å². The van der Waals surface area contributed by atoms with Crippen LogP contribution in [0.25, 0.3) is 0 Å². The van der Waals surface area contributed by atoms with Gasteiger partial charge in [0, 0.05) is 13.7 Å². The number of nitrogens with zero attached hydrogens (tertiary/aromatic N) is 3. The van der Waals surface area contributed by atoms with Crippen LogP contribution < -0.4 is 0 Å². The third-order valence-electron chi connectivity index (χ3n) is 2.72. The molecule has 0 saturated heterocycles. The zero-order chi connectivity index (χ0) is 13.4. The fourth-order valence-corrected chi connectivity index (χ4v) is 1.74. The first kappa shape index (κ1) is 14.6. The van der Waals surface area contributed by atoms with E-state index in [2.05, 4.69) is 22.0 Å². The van der Waals surface area contributed by atoms with Gasteiger partial charge in [0.25, 0.3) is 0 Å². The Hall–Kier alpha value is -1.43. The maximum atomic E-state index is 11.5. The Morgan fingerprint density at radius 2 is 2.06 bits per heavy atom. The van der Waals surface area contributed by atoms with Crippen molar-refractivity contribution in [3.8, 4) is 0 Å². The molecule has 0 bridgehead atoms. The van der Waals surface area contributed by atoms with Crippen LogP contribution in [-0.4, -0.2) is 35.2 Å². The van der Waals surface area contributed by atoms with Crippen molar-refractivity contribution >= 4 is 5.97 Å². The first-order chi connectivity index (χ1) is 8.74. The van der Waals surface area contributed by atoms with Crippen molar-refractivity contribution in [1.82, 2.24) is 15.0 Å². The summed E-state index contributed by atoms with van der Waals surface area (Å²) in [5.41, 5.74) is 0.927. The van der Waals surface area contributed by atoms with Gasteiger partial charge >= 0.3 is 5.97 Å². The Morgan fingerprint density at radius 1 is 1.28 bits per heavy atom. The third-order valence-corrected chi connectivity index (χ3v) is 2.72. The molecule has 102 valence electrons. The summed E-state index contributed by atoms with van der Waals surface area (Å²) in [6.07, 6.45) is 4.57. The van der Waals surface area contributed by atoms with E-state index in [0.717, 1.165) is 19.4 Å². The summed E-state index contributed by atoms with van der Waals surface area (Å²) < 4.78 is 11.5. The molecular weight excluding hydrogens is 234 g/mol. The van der Waals surface area contributed by atoms with Crippen molar-refractivity contribution in [1.29, 1.82) is 0 Å². The highest BCUT2D eigenvalue weighted by Gasteiger charge is 2.19. The average Bonchev–Trinajstić information content (AvgIpc) is 2.77. The van der Waals surface area contributed by atoms with Crippen LogP contribution in [0.1, 0.15) is 48.8 Å². The van der Waals surface area contributed by atoms with E-state index in [1.165, 1.54) is 20.0 Å². The number of carbonyl (C=O) groups is 1. The summed E-state index contributed by atoms with van der Waals surface area (Å²) in [6, 6.07) is 0. The van der Waals surface area contributed by atoms with Crippen LogP contribution in [0.3, 0.4) is 0 Å². The largest absolute Gasteiger partial charge is 0.464 e. The molecule has 0 N–H and O–H groups in total. The Bertz CT molecular complexity index is 377. The molecule has 0 aromatic carbocycles. The van der Waals surface area contributed by atoms with Crippen LogP contribution in [-0.2, 0) is 22.6 Å². The predicted molar refractivity (Wildman–Crippen MR) is 66.2 cm³/mol. The lowest BCUT2D eigenvalue weighted by molar-refractivity contribution is 0.0588. The van der Waals surface area contributed by atoms with Crippen molar-refractivity contribution in [2.24, 2.45) is 0 Å². The molecule has 6 heteroatoms. The number of hydrogen-bond donors (Lipinski definition) is 0. The van der Waals surface area contributed by atoms with Gasteiger partial charge in [-0.3, -0.25) is 0 Å². The molecule has 0 radical (unpaired) electrons. The number of carbonyl (C=O) groups excluding carboxylic acids is 1. The smallest absolute Gasteiger partial charge is 0.360 e. The maximum Gasteiger partial charge on any atom is 0.360 e. The van der Waals surface area contributed by atoms with Crippen molar-refractivity contribution in [2.45, 2.75) is 45.8 Å². The van der Waals surface area contributed by atoms with Crippen molar-refractivity contribution in [2.75, 3.05) is 14.2 Å². The highest BCUT2D eigenvalue weighted by molar-refractivity contribution is 5.88. The van der Waals surface area contributed by atoms with Gasteiger partial charge in [0.2, 0.25) is 0 Å². The van der Waals surface area contributed by atoms with Gasteiger partial charge < -0.3 is 9.47 Å². The summed E-state index contributed by atoms with van der Waals surface area (Å²) in [4.78, 5) is 11.5. The van der Waals surface area contributed by atoms with Crippen molar-refractivity contribution < 1.29 is 14.3 Å². The van der Waals surface area contributed by atoms with Gasteiger partial charge in [-0.1, -0.05) is 31.4 Å². The van der Waals surface area contributed by atoms with Gasteiger partial charge in [0.05, 0.1) is 19.4 Å². The fourth-order valence-electron chi connectivity index (χ4n) is 1.74. The molecule has 0 saturated carbocycles. The van der Waals surface area contributed by atoms with Crippen LogP contribution in [0.2, 0.25) is 0 Å². The number of esters is 1. The Labute approximate surface area is 107 Å². The lowest BCUT2D eigenvalue weighted by atomic mass is 10.2. The number of aryl methyl sites for hydroxylation is 1. The normalized spacial score (nSPS) is 10.6. The second-order valence-corrected chi connectivity index (χ2v) is 4.09. The van der Waals surface area contributed by atoms with Gasteiger partial charge in [-0.2, -0.15) is 0 Å². The van der Waals surface area contributed by atoms with E-state index < -0.39 is 5.97 Å². The number of rotatable bonds is 8. The molecule has 0 aliphatic carbocycles. The quantitative estimate of drug-likeness (QED) is 0.523. The summed E-state index contributed by atoms with van der Waals surface area (Å²) in [5.74, 6) is -0.471. The number of hydrogen-bond acceptors (Lipinski definition) is 5. The zero-order valence-corrected chi connectivity index (χ0v) is 11.3. The maximum absolute atomic E-state index is 11.5. The Kier molecular flexibility index (Phi) is 6.35. The molecule has 0 unspecified atom stereocenters. The van der Waals surface area contributed by atoms with E-state index in [9.17, 15) is 4.79 Å². The standard InChI is InChI=1S/C12H21N3O3/c1-4-5-6-7-8-15-10(9-17-2)11(13-14-15)12(16)18-3/h4-9H2,1-3H3. The first-order valence-electron chi connectivity index (χ1n) is 6.24. The summed E-state index contributed by atoms with van der Waals surface area (Å²) >= 11 is 0. The Balaban J connectivity index is 2.71. The van der Waals surface area contributed by atoms with Gasteiger partial charge in [-0.15, -0.1) is 5.10 Å².